The number of carbonyl (C=O) groups is 3. The molecule has 0 saturated heterocycles. The molecule has 0 aromatic heterocycles. The third kappa shape index (κ3) is 6.01. The Kier molecular flexibility index (Phi) is 8.57. The lowest BCUT2D eigenvalue weighted by Crippen LogP contribution is -2.05. The van der Waals surface area contributed by atoms with E-state index in [4.69, 9.17) is 0 Å². The van der Waals surface area contributed by atoms with Crippen LogP contribution < -0.4 is 0 Å². The molecule has 0 aliphatic heterocycles. The van der Waals surface area contributed by atoms with E-state index < -0.39 is 15.0 Å². The van der Waals surface area contributed by atoms with Crippen molar-refractivity contribution < 1.29 is 27.4 Å². The first-order valence-corrected chi connectivity index (χ1v) is 14.5. The van der Waals surface area contributed by atoms with Gasteiger partial charge in [0.05, 0.1) is 4.90 Å². The molecule has 4 rings (SSSR count). The van der Waals surface area contributed by atoms with E-state index >= 15 is 0 Å². The Morgan fingerprint density at radius 2 is 0.825 bits per heavy atom. The summed E-state index contributed by atoms with van der Waals surface area (Å²) >= 11 is 0. The lowest BCUT2D eigenvalue weighted by Gasteiger charge is -2.21. The molecular weight excluding hydrogens is 524 g/mol. The molecule has 0 fully saturated rings. The SMILES string of the molecule is CCC(=O)c1ccc(-c2cc(-c3ccc(C(=O)CC)cc3)c(S(=O)(=O)[O-])c(-c3ccc(C(=O)CC)cc3)c2)cc1. The molecule has 0 saturated carbocycles. The van der Waals surface area contributed by atoms with Gasteiger partial charge < -0.3 is 4.55 Å². The number of benzene rings is 4. The van der Waals surface area contributed by atoms with Crippen molar-refractivity contribution in [2.24, 2.45) is 0 Å². The van der Waals surface area contributed by atoms with Gasteiger partial charge in [0.15, 0.2) is 17.3 Å². The van der Waals surface area contributed by atoms with Gasteiger partial charge in [-0.1, -0.05) is 93.6 Å². The van der Waals surface area contributed by atoms with Crippen molar-refractivity contribution in [3.8, 4) is 33.4 Å². The van der Waals surface area contributed by atoms with E-state index in [0.29, 0.717) is 52.6 Å². The highest BCUT2D eigenvalue weighted by Gasteiger charge is 2.21. The highest BCUT2D eigenvalue weighted by Crippen LogP contribution is 2.40. The molecule has 0 unspecified atom stereocenters. The second kappa shape index (κ2) is 11.9. The van der Waals surface area contributed by atoms with Gasteiger partial charge in [0.1, 0.15) is 10.1 Å². The van der Waals surface area contributed by atoms with Crippen molar-refractivity contribution in [2.75, 3.05) is 0 Å². The van der Waals surface area contributed by atoms with Gasteiger partial charge in [0, 0.05) is 47.1 Å². The number of hydrogen-bond acceptors (Lipinski definition) is 6. The van der Waals surface area contributed by atoms with Crippen molar-refractivity contribution in [3.63, 3.8) is 0 Å². The van der Waals surface area contributed by atoms with E-state index in [9.17, 15) is 27.4 Å². The normalized spacial score (nSPS) is 11.3. The van der Waals surface area contributed by atoms with Crippen LogP contribution in [-0.4, -0.2) is 30.3 Å². The topological polar surface area (TPSA) is 108 Å². The maximum Gasteiger partial charge on any atom is 0.162 e. The highest BCUT2D eigenvalue weighted by atomic mass is 32.2. The first-order valence-electron chi connectivity index (χ1n) is 13.1. The average molecular weight is 554 g/mol. The Hall–Kier alpha value is -4.20. The zero-order valence-electron chi connectivity index (χ0n) is 22.6. The zero-order valence-corrected chi connectivity index (χ0v) is 23.4. The predicted octanol–water partition coefficient (Wildman–Crippen LogP) is 7.37. The average Bonchev–Trinajstić information content (AvgIpc) is 2.99. The predicted molar refractivity (Wildman–Crippen MR) is 155 cm³/mol. The lowest BCUT2D eigenvalue weighted by atomic mass is 9.91. The minimum atomic E-state index is -4.97. The van der Waals surface area contributed by atoms with Gasteiger partial charge in [0.25, 0.3) is 0 Å². The summed E-state index contributed by atoms with van der Waals surface area (Å²) < 4.78 is 38.3. The van der Waals surface area contributed by atoms with Crippen molar-refractivity contribution in [2.45, 2.75) is 44.9 Å². The summed E-state index contributed by atoms with van der Waals surface area (Å²) in [6.07, 6.45) is 1.02. The van der Waals surface area contributed by atoms with Gasteiger partial charge in [-0.15, -0.1) is 0 Å². The quantitative estimate of drug-likeness (QED) is 0.150. The summed E-state index contributed by atoms with van der Waals surface area (Å²) in [5.74, 6) is -0.105. The molecule has 0 bridgehead atoms. The summed E-state index contributed by atoms with van der Waals surface area (Å²) in [5, 5.41) is 0. The van der Waals surface area contributed by atoms with Crippen LogP contribution in [0.25, 0.3) is 33.4 Å². The number of ketones is 3. The Balaban J connectivity index is 1.99. The van der Waals surface area contributed by atoms with Crippen LogP contribution in [-0.2, 0) is 10.1 Å². The first-order chi connectivity index (χ1) is 19.1. The monoisotopic (exact) mass is 553 g/mol. The molecule has 0 radical (unpaired) electrons. The number of Topliss-reactive ketones (excluding diaryl/α,β-unsaturated/α-hetero) is 3. The Labute approximate surface area is 234 Å². The van der Waals surface area contributed by atoms with E-state index in [1.165, 1.54) is 0 Å². The summed E-state index contributed by atoms with van der Waals surface area (Å²) in [6, 6.07) is 23.3. The third-order valence-electron chi connectivity index (χ3n) is 6.88. The van der Waals surface area contributed by atoms with Gasteiger partial charge in [-0.2, -0.15) is 0 Å². The molecule has 0 N–H and O–H groups in total. The summed E-state index contributed by atoms with van der Waals surface area (Å²) in [7, 11) is -4.97. The van der Waals surface area contributed by atoms with Gasteiger partial charge in [-0.3, -0.25) is 14.4 Å². The summed E-state index contributed by atoms with van der Waals surface area (Å²) in [4.78, 5) is 36.1. The van der Waals surface area contributed by atoms with Crippen LogP contribution in [0.3, 0.4) is 0 Å². The lowest BCUT2D eigenvalue weighted by molar-refractivity contribution is 0.0980. The first kappa shape index (κ1) is 28.8. The Bertz CT molecular complexity index is 1600. The number of rotatable bonds is 10. The van der Waals surface area contributed by atoms with E-state index in [1.807, 2.05) is 0 Å². The van der Waals surface area contributed by atoms with Crippen LogP contribution in [0, 0.1) is 0 Å². The van der Waals surface area contributed by atoms with Crippen LogP contribution in [0.15, 0.2) is 89.8 Å². The van der Waals surface area contributed by atoms with Crippen molar-refractivity contribution in [1.29, 1.82) is 0 Å². The maximum absolute atomic E-state index is 12.8. The van der Waals surface area contributed by atoms with Crippen molar-refractivity contribution >= 4 is 27.5 Å². The summed E-state index contributed by atoms with van der Waals surface area (Å²) in [6.45, 7) is 5.30. The van der Waals surface area contributed by atoms with Crippen LogP contribution >= 0.6 is 0 Å². The molecule has 0 aliphatic rings. The molecule has 0 amide bonds. The molecule has 40 heavy (non-hydrogen) atoms. The van der Waals surface area contributed by atoms with Crippen LogP contribution in [0.1, 0.15) is 71.1 Å². The minimum Gasteiger partial charge on any atom is -0.744 e. The number of hydrogen-bond donors (Lipinski definition) is 0. The van der Waals surface area contributed by atoms with Crippen LogP contribution in [0.2, 0.25) is 0 Å². The molecule has 0 heterocycles. The number of carbonyl (C=O) groups excluding carboxylic acids is 3. The molecule has 0 aliphatic carbocycles. The molecule has 7 heteroatoms. The van der Waals surface area contributed by atoms with E-state index in [2.05, 4.69) is 0 Å². The largest absolute Gasteiger partial charge is 0.744 e. The van der Waals surface area contributed by atoms with E-state index in [0.717, 1.165) is 5.56 Å². The maximum atomic E-state index is 12.8. The summed E-state index contributed by atoms with van der Waals surface area (Å²) in [5.41, 5.74) is 4.21. The molecule has 4 aromatic rings. The fraction of sp³-hybridized carbons (Fsp3) is 0.182. The fourth-order valence-electron chi connectivity index (χ4n) is 4.63. The standard InChI is InChI=1S/C33H30O6S/c1-4-30(34)24-13-7-21(8-14-24)27-19-28(22-9-15-25(16-10-22)31(35)5-2)33(40(37,38)39)29(20-27)23-11-17-26(18-12-23)32(36)6-3/h7-20H,4-6H2,1-3H3,(H,37,38,39)/p-1. The highest BCUT2D eigenvalue weighted by molar-refractivity contribution is 7.86. The Morgan fingerprint density at radius 3 is 1.10 bits per heavy atom. The molecule has 204 valence electrons. The van der Waals surface area contributed by atoms with Gasteiger partial charge in [-0.05, 0) is 34.4 Å². The fourth-order valence-corrected chi connectivity index (χ4v) is 5.52. The van der Waals surface area contributed by atoms with Crippen molar-refractivity contribution in [3.05, 3.63) is 102 Å². The van der Waals surface area contributed by atoms with Crippen LogP contribution in [0.4, 0.5) is 0 Å². The molecule has 0 spiro atoms. The van der Waals surface area contributed by atoms with Gasteiger partial charge in [-0.25, -0.2) is 8.42 Å². The second-order valence-electron chi connectivity index (χ2n) is 9.42. The Morgan fingerprint density at radius 1 is 0.525 bits per heavy atom. The zero-order chi connectivity index (χ0) is 29.0. The third-order valence-corrected chi connectivity index (χ3v) is 7.82. The molecular formula is C33H29O6S-. The molecule has 0 atom stereocenters. The smallest absolute Gasteiger partial charge is 0.162 e. The van der Waals surface area contributed by atoms with Crippen molar-refractivity contribution in [1.82, 2.24) is 0 Å². The van der Waals surface area contributed by atoms with Gasteiger partial charge >= 0.3 is 0 Å². The van der Waals surface area contributed by atoms with Crippen LogP contribution in [0.5, 0.6) is 0 Å². The van der Waals surface area contributed by atoms with Gasteiger partial charge in [0.2, 0.25) is 0 Å². The minimum absolute atomic E-state index is 0.00385. The van der Waals surface area contributed by atoms with E-state index in [1.54, 1.807) is 106 Å². The second-order valence-corrected chi connectivity index (χ2v) is 10.7. The molecule has 4 aromatic carbocycles. The van der Waals surface area contributed by atoms with E-state index in [-0.39, 0.29) is 28.5 Å². The molecule has 6 nitrogen and oxygen atoms in total.